The Kier molecular flexibility index (Phi) is 5.36. The Labute approximate surface area is 114 Å². The van der Waals surface area contributed by atoms with Crippen LogP contribution < -0.4 is 4.90 Å². The SMILES string of the molecule is Cc1cc(C)c(N(C)CC(O)CCC(=O)O)c(C)c1. The minimum Gasteiger partial charge on any atom is -0.481 e. The van der Waals surface area contributed by atoms with Gasteiger partial charge in [0.25, 0.3) is 0 Å². The zero-order valence-corrected chi connectivity index (χ0v) is 12.1. The maximum absolute atomic E-state index is 10.5. The molecule has 0 aliphatic heterocycles. The van der Waals surface area contributed by atoms with E-state index in [1.807, 2.05) is 11.9 Å². The summed E-state index contributed by atoms with van der Waals surface area (Å²) in [6, 6.07) is 4.23. The first-order chi connectivity index (χ1) is 8.81. The maximum atomic E-state index is 10.5. The number of rotatable bonds is 6. The van der Waals surface area contributed by atoms with Crippen molar-refractivity contribution in [2.24, 2.45) is 0 Å². The number of hydrogen-bond acceptors (Lipinski definition) is 3. The summed E-state index contributed by atoms with van der Waals surface area (Å²) >= 11 is 0. The Bertz CT molecular complexity index is 434. The van der Waals surface area contributed by atoms with Crippen LogP contribution in [-0.2, 0) is 4.79 Å². The normalized spacial score (nSPS) is 12.3. The second-order valence-corrected chi connectivity index (χ2v) is 5.21. The second-order valence-electron chi connectivity index (χ2n) is 5.21. The van der Waals surface area contributed by atoms with Crippen LogP contribution in [0, 0.1) is 20.8 Å². The number of hydrogen-bond donors (Lipinski definition) is 2. The van der Waals surface area contributed by atoms with Gasteiger partial charge in [0.15, 0.2) is 0 Å². The van der Waals surface area contributed by atoms with Crippen LogP contribution in [0.2, 0.25) is 0 Å². The van der Waals surface area contributed by atoms with E-state index in [0.717, 1.165) is 5.69 Å². The van der Waals surface area contributed by atoms with Crippen LogP contribution in [0.25, 0.3) is 0 Å². The maximum Gasteiger partial charge on any atom is 0.303 e. The molecule has 4 heteroatoms. The van der Waals surface area contributed by atoms with Gasteiger partial charge >= 0.3 is 5.97 Å². The summed E-state index contributed by atoms with van der Waals surface area (Å²) in [5.41, 5.74) is 4.68. The summed E-state index contributed by atoms with van der Waals surface area (Å²) in [4.78, 5) is 12.5. The van der Waals surface area contributed by atoms with E-state index in [0.29, 0.717) is 6.54 Å². The summed E-state index contributed by atoms with van der Waals surface area (Å²) in [7, 11) is 1.93. The van der Waals surface area contributed by atoms with Gasteiger partial charge in [-0.1, -0.05) is 17.7 Å². The fourth-order valence-corrected chi connectivity index (χ4v) is 2.56. The van der Waals surface area contributed by atoms with Gasteiger partial charge in [0.2, 0.25) is 0 Å². The number of carboxylic acid groups (broad SMARTS) is 1. The van der Waals surface area contributed by atoms with Crippen LogP contribution in [0.1, 0.15) is 29.5 Å². The van der Waals surface area contributed by atoms with Gasteiger partial charge in [-0.05, 0) is 38.3 Å². The van der Waals surface area contributed by atoms with Crippen LogP contribution in [0.15, 0.2) is 12.1 Å². The van der Waals surface area contributed by atoms with Crippen molar-refractivity contribution in [2.45, 2.75) is 39.7 Å². The lowest BCUT2D eigenvalue weighted by Gasteiger charge is -2.26. The Balaban J connectivity index is 2.73. The average Bonchev–Trinajstić information content (AvgIpc) is 2.24. The molecule has 1 rings (SSSR count). The molecule has 0 bridgehead atoms. The van der Waals surface area contributed by atoms with Crippen molar-refractivity contribution in [3.05, 3.63) is 28.8 Å². The van der Waals surface area contributed by atoms with Gasteiger partial charge in [-0.3, -0.25) is 4.79 Å². The number of carbonyl (C=O) groups is 1. The zero-order valence-electron chi connectivity index (χ0n) is 12.1. The fraction of sp³-hybridized carbons (Fsp3) is 0.533. The number of aliphatic hydroxyl groups excluding tert-OH is 1. The monoisotopic (exact) mass is 265 g/mol. The molecule has 0 aliphatic rings. The van der Waals surface area contributed by atoms with Gasteiger partial charge < -0.3 is 15.1 Å². The van der Waals surface area contributed by atoms with E-state index in [2.05, 4.69) is 32.9 Å². The molecular weight excluding hydrogens is 242 g/mol. The first kappa shape index (κ1) is 15.5. The molecule has 0 aliphatic carbocycles. The molecule has 0 spiro atoms. The Morgan fingerprint density at radius 2 is 1.79 bits per heavy atom. The fourth-order valence-electron chi connectivity index (χ4n) is 2.56. The minimum atomic E-state index is -0.871. The highest BCUT2D eigenvalue weighted by atomic mass is 16.4. The predicted octanol–water partition coefficient (Wildman–Crippen LogP) is 2.27. The van der Waals surface area contributed by atoms with Crippen LogP contribution in [-0.4, -0.2) is 35.9 Å². The van der Waals surface area contributed by atoms with Crippen LogP contribution in [0.4, 0.5) is 5.69 Å². The summed E-state index contributed by atoms with van der Waals surface area (Å²) in [5.74, 6) is -0.871. The average molecular weight is 265 g/mol. The lowest BCUT2D eigenvalue weighted by Crippen LogP contribution is -2.30. The number of aliphatic hydroxyl groups is 1. The van der Waals surface area contributed by atoms with E-state index >= 15 is 0 Å². The smallest absolute Gasteiger partial charge is 0.303 e. The van der Waals surface area contributed by atoms with Crippen LogP contribution >= 0.6 is 0 Å². The predicted molar refractivity (Wildman–Crippen MR) is 76.8 cm³/mol. The standard InChI is InChI=1S/C15H23NO3/c1-10-7-11(2)15(12(3)8-10)16(4)9-13(17)5-6-14(18)19/h7-8,13,17H,5-6,9H2,1-4H3,(H,18,19). The molecule has 4 nitrogen and oxygen atoms in total. The summed E-state index contributed by atoms with van der Waals surface area (Å²) in [6.45, 7) is 6.61. The highest BCUT2D eigenvalue weighted by Gasteiger charge is 2.14. The molecule has 0 fully saturated rings. The number of carboxylic acids is 1. The van der Waals surface area contributed by atoms with E-state index in [1.54, 1.807) is 0 Å². The molecule has 0 amide bonds. The van der Waals surface area contributed by atoms with Crippen molar-refractivity contribution in [1.29, 1.82) is 0 Å². The largest absolute Gasteiger partial charge is 0.481 e. The lowest BCUT2D eigenvalue weighted by molar-refractivity contribution is -0.137. The first-order valence-electron chi connectivity index (χ1n) is 6.50. The molecule has 1 aromatic rings. The molecule has 1 atom stereocenters. The van der Waals surface area contributed by atoms with Crippen molar-refractivity contribution in [1.82, 2.24) is 0 Å². The number of anilines is 1. The van der Waals surface area contributed by atoms with Gasteiger partial charge in [-0.25, -0.2) is 0 Å². The molecule has 2 N–H and O–H groups in total. The van der Waals surface area contributed by atoms with Crippen molar-refractivity contribution >= 4 is 11.7 Å². The summed E-state index contributed by atoms with van der Waals surface area (Å²) in [5, 5.41) is 18.5. The van der Waals surface area contributed by atoms with Gasteiger partial charge in [0.05, 0.1) is 6.10 Å². The molecule has 0 saturated heterocycles. The third-order valence-corrected chi connectivity index (χ3v) is 3.19. The number of benzene rings is 1. The number of likely N-dealkylation sites (N-methyl/N-ethyl adjacent to an activating group) is 1. The topological polar surface area (TPSA) is 60.8 Å². The number of nitrogens with zero attached hydrogens (tertiary/aromatic N) is 1. The first-order valence-corrected chi connectivity index (χ1v) is 6.50. The van der Waals surface area contributed by atoms with E-state index in [1.165, 1.54) is 16.7 Å². The molecule has 0 heterocycles. The van der Waals surface area contributed by atoms with Crippen molar-refractivity contribution in [3.8, 4) is 0 Å². The lowest BCUT2D eigenvalue weighted by atomic mass is 10.0. The molecule has 0 aromatic heterocycles. The summed E-state index contributed by atoms with van der Waals surface area (Å²) in [6.07, 6.45) is -0.342. The number of aliphatic carboxylic acids is 1. The van der Waals surface area contributed by atoms with Crippen LogP contribution in [0.5, 0.6) is 0 Å². The number of aryl methyl sites for hydroxylation is 3. The van der Waals surface area contributed by atoms with Gasteiger partial charge in [0.1, 0.15) is 0 Å². The molecule has 0 saturated carbocycles. The Morgan fingerprint density at radius 1 is 1.26 bits per heavy atom. The highest BCUT2D eigenvalue weighted by Crippen LogP contribution is 2.25. The minimum absolute atomic E-state index is 0.000862. The molecule has 106 valence electrons. The molecule has 1 aromatic carbocycles. The van der Waals surface area contributed by atoms with Gasteiger partial charge in [-0.2, -0.15) is 0 Å². The third kappa shape index (κ3) is 4.56. The van der Waals surface area contributed by atoms with Crippen molar-refractivity contribution in [2.75, 3.05) is 18.5 Å². The van der Waals surface area contributed by atoms with Gasteiger partial charge in [0, 0.05) is 25.7 Å². The highest BCUT2D eigenvalue weighted by molar-refractivity contribution is 5.66. The Hall–Kier alpha value is -1.55. The van der Waals surface area contributed by atoms with E-state index in [-0.39, 0.29) is 12.8 Å². The molecular formula is C15H23NO3. The van der Waals surface area contributed by atoms with Crippen LogP contribution in [0.3, 0.4) is 0 Å². The van der Waals surface area contributed by atoms with E-state index < -0.39 is 12.1 Å². The second kappa shape index (κ2) is 6.57. The van der Waals surface area contributed by atoms with Crippen molar-refractivity contribution in [3.63, 3.8) is 0 Å². The van der Waals surface area contributed by atoms with Gasteiger partial charge in [-0.15, -0.1) is 0 Å². The third-order valence-electron chi connectivity index (χ3n) is 3.19. The molecule has 0 radical (unpaired) electrons. The van der Waals surface area contributed by atoms with E-state index in [9.17, 15) is 9.90 Å². The molecule has 19 heavy (non-hydrogen) atoms. The van der Waals surface area contributed by atoms with Crippen molar-refractivity contribution < 1.29 is 15.0 Å². The Morgan fingerprint density at radius 3 is 2.26 bits per heavy atom. The zero-order chi connectivity index (χ0) is 14.6. The summed E-state index contributed by atoms with van der Waals surface area (Å²) < 4.78 is 0. The van der Waals surface area contributed by atoms with E-state index in [4.69, 9.17) is 5.11 Å². The molecule has 1 unspecified atom stereocenters. The quantitative estimate of drug-likeness (QED) is 0.828.